The summed E-state index contributed by atoms with van der Waals surface area (Å²) < 4.78 is 10.4. The fourth-order valence-corrected chi connectivity index (χ4v) is 3.27. The molecule has 0 unspecified atom stereocenters. The molecule has 2 amide bonds. The number of hydrogen-bond acceptors (Lipinski definition) is 5. The van der Waals surface area contributed by atoms with E-state index in [1.54, 1.807) is 31.2 Å². The molecule has 2 aromatic rings. The van der Waals surface area contributed by atoms with Gasteiger partial charge in [0.1, 0.15) is 0 Å². The van der Waals surface area contributed by atoms with E-state index >= 15 is 0 Å². The minimum atomic E-state index is -0.898. The van der Waals surface area contributed by atoms with Gasteiger partial charge in [-0.2, -0.15) is 0 Å². The van der Waals surface area contributed by atoms with E-state index in [9.17, 15) is 14.7 Å². The summed E-state index contributed by atoms with van der Waals surface area (Å²) in [7, 11) is 1.39. The second-order valence-corrected chi connectivity index (χ2v) is 6.36. The quantitative estimate of drug-likeness (QED) is 0.666. The number of nitrogens with one attached hydrogen (secondary N) is 2. The third-order valence-corrected chi connectivity index (χ3v) is 4.57. The van der Waals surface area contributed by atoms with Crippen molar-refractivity contribution in [2.24, 2.45) is 0 Å². The van der Waals surface area contributed by atoms with E-state index in [4.69, 9.17) is 21.1 Å². The van der Waals surface area contributed by atoms with Gasteiger partial charge in [-0.05, 0) is 18.6 Å². The Labute approximate surface area is 166 Å². The van der Waals surface area contributed by atoms with Crippen LogP contribution in [0.2, 0.25) is 5.02 Å². The Morgan fingerprint density at radius 3 is 2.61 bits per heavy atom. The third kappa shape index (κ3) is 3.75. The monoisotopic (exact) mass is 402 g/mol. The van der Waals surface area contributed by atoms with Crippen molar-refractivity contribution in [2.45, 2.75) is 13.0 Å². The van der Waals surface area contributed by atoms with Gasteiger partial charge in [0, 0.05) is 11.6 Å². The first-order valence-corrected chi connectivity index (χ1v) is 8.94. The van der Waals surface area contributed by atoms with Crippen LogP contribution in [-0.2, 0) is 9.53 Å². The molecule has 7 nitrogen and oxygen atoms in total. The predicted molar refractivity (Wildman–Crippen MR) is 104 cm³/mol. The number of ether oxygens (including phenoxy) is 2. The Bertz CT molecular complexity index is 943. The van der Waals surface area contributed by atoms with E-state index in [1.165, 1.54) is 19.2 Å². The molecule has 0 bridgehead atoms. The standard InChI is InChI=1S/C20H19ClN2O5/c1-3-28-19(25)16-17(11-7-5-4-6-8-11)22-20(26)23-18(16)12-9-15(27-2)14(24)10-13(12)21/h4-10,18,24H,3H2,1-2H3,(H2,22,23,26)/t18-/m1/s1. The minimum Gasteiger partial charge on any atom is -0.504 e. The molecule has 0 aromatic heterocycles. The normalized spacial score (nSPS) is 16.2. The predicted octanol–water partition coefficient (Wildman–Crippen LogP) is 3.38. The van der Waals surface area contributed by atoms with Crippen LogP contribution >= 0.6 is 11.6 Å². The Hall–Kier alpha value is -3.19. The lowest BCUT2D eigenvalue weighted by Crippen LogP contribution is -2.45. The van der Waals surface area contributed by atoms with E-state index in [2.05, 4.69) is 10.6 Å². The van der Waals surface area contributed by atoms with Crippen LogP contribution in [0.15, 0.2) is 48.0 Å². The van der Waals surface area contributed by atoms with Crippen LogP contribution in [0.25, 0.3) is 5.70 Å². The highest BCUT2D eigenvalue weighted by Crippen LogP contribution is 2.40. The molecule has 0 saturated carbocycles. The summed E-state index contributed by atoms with van der Waals surface area (Å²) >= 11 is 6.32. The molecule has 0 spiro atoms. The molecule has 1 heterocycles. The van der Waals surface area contributed by atoms with Gasteiger partial charge in [0.2, 0.25) is 0 Å². The van der Waals surface area contributed by atoms with Crippen LogP contribution in [0.5, 0.6) is 11.5 Å². The molecular formula is C20H19ClN2O5. The Kier molecular flexibility index (Phi) is 5.75. The number of phenols is 1. The molecule has 0 aliphatic carbocycles. The summed E-state index contributed by atoms with van der Waals surface area (Å²) in [5, 5.41) is 15.5. The molecule has 8 heteroatoms. The van der Waals surface area contributed by atoms with Gasteiger partial charge in [-0.15, -0.1) is 0 Å². The maximum Gasteiger partial charge on any atom is 0.338 e. The molecule has 1 aliphatic heterocycles. The lowest BCUT2D eigenvalue weighted by Gasteiger charge is -2.30. The number of urea groups is 1. The van der Waals surface area contributed by atoms with Gasteiger partial charge in [0.15, 0.2) is 11.5 Å². The number of benzene rings is 2. The highest BCUT2D eigenvalue weighted by molar-refractivity contribution is 6.31. The first-order chi connectivity index (χ1) is 13.5. The number of carbonyl (C=O) groups excluding carboxylic acids is 2. The number of hydrogen-bond donors (Lipinski definition) is 3. The first kappa shape index (κ1) is 19.6. The van der Waals surface area contributed by atoms with Crippen LogP contribution < -0.4 is 15.4 Å². The van der Waals surface area contributed by atoms with E-state index in [1.807, 2.05) is 6.07 Å². The number of halogens is 1. The molecule has 0 fully saturated rings. The SMILES string of the molecule is CCOC(=O)C1=C(c2ccccc2)NC(=O)N[C@@H]1c1cc(OC)c(O)cc1Cl. The van der Waals surface area contributed by atoms with Crippen molar-refractivity contribution in [1.82, 2.24) is 10.6 Å². The molecule has 1 aliphatic rings. The van der Waals surface area contributed by atoms with Crippen molar-refractivity contribution < 1.29 is 24.2 Å². The lowest BCUT2D eigenvalue weighted by molar-refractivity contribution is -0.138. The van der Waals surface area contributed by atoms with Gasteiger partial charge in [-0.3, -0.25) is 0 Å². The van der Waals surface area contributed by atoms with Crippen molar-refractivity contribution in [3.05, 3.63) is 64.2 Å². The Morgan fingerprint density at radius 1 is 1.25 bits per heavy atom. The van der Waals surface area contributed by atoms with E-state index in [0.717, 1.165) is 0 Å². The summed E-state index contributed by atoms with van der Waals surface area (Å²) in [6, 6.07) is 10.4. The largest absolute Gasteiger partial charge is 0.504 e. The van der Waals surface area contributed by atoms with E-state index in [-0.39, 0.29) is 28.7 Å². The average Bonchev–Trinajstić information content (AvgIpc) is 2.68. The summed E-state index contributed by atoms with van der Waals surface area (Å²) in [4.78, 5) is 25.2. The Balaban J connectivity index is 2.23. The molecule has 1 atom stereocenters. The number of rotatable bonds is 5. The fraction of sp³-hybridized carbons (Fsp3) is 0.200. The maximum absolute atomic E-state index is 12.8. The number of carbonyl (C=O) groups is 2. The zero-order valence-corrected chi connectivity index (χ0v) is 16.0. The van der Waals surface area contributed by atoms with Crippen molar-refractivity contribution in [3.63, 3.8) is 0 Å². The molecule has 146 valence electrons. The highest BCUT2D eigenvalue weighted by atomic mass is 35.5. The van der Waals surface area contributed by atoms with Gasteiger partial charge in [-0.25, -0.2) is 9.59 Å². The van der Waals surface area contributed by atoms with Crippen LogP contribution in [0, 0.1) is 0 Å². The summed E-state index contributed by atoms with van der Waals surface area (Å²) in [5.74, 6) is -0.583. The van der Waals surface area contributed by atoms with Crippen LogP contribution in [-0.4, -0.2) is 30.8 Å². The van der Waals surface area contributed by atoms with Crippen LogP contribution in [0.4, 0.5) is 4.79 Å². The Morgan fingerprint density at radius 2 is 1.96 bits per heavy atom. The summed E-state index contributed by atoms with van der Waals surface area (Å²) in [6.07, 6.45) is 0. The second-order valence-electron chi connectivity index (χ2n) is 5.95. The van der Waals surface area contributed by atoms with Crippen molar-refractivity contribution in [2.75, 3.05) is 13.7 Å². The summed E-state index contributed by atoms with van der Waals surface area (Å²) in [5.41, 5.74) is 1.56. The topological polar surface area (TPSA) is 96.9 Å². The maximum atomic E-state index is 12.8. The number of esters is 1. The van der Waals surface area contributed by atoms with Gasteiger partial charge >= 0.3 is 12.0 Å². The first-order valence-electron chi connectivity index (χ1n) is 8.56. The third-order valence-electron chi connectivity index (χ3n) is 4.24. The van der Waals surface area contributed by atoms with Crippen LogP contribution in [0.1, 0.15) is 24.1 Å². The number of methoxy groups -OCH3 is 1. The number of aromatic hydroxyl groups is 1. The van der Waals surface area contributed by atoms with Crippen molar-refractivity contribution in [3.8, 4) is 11.5 Å². The molecule has 28 heavy (non-hydrogen) atoms. The zero-order valence-electron chi connectivity index (χ0n) is 15.3. The van der Waals surface area contributed by atoms with Crippen molar-refractivity contribution in [1.29, 1.82) is 0 Å². The smallest absolute Gasteiger partial charge is 0.338 e. The second kappa shape index (κ2) is 8.22. The van der Waals surface area contributed by atoms with Gasteiger partial charge < -0.3 is 25.2 Å². The van der Waals surface area contributed by atoms with E-state index < -0.39 is 18.0 Å². The molecule has 0 radical (unpaired) electrons. The highest BCUT2D eigenvalue weighted by Gasteiger charge is 2.35. The van der Waals surface area contributed by atoms with Crippen molar-refractivity contribution >= 4 is 29.3 Å². The molecule has 0 saturated heterocycles. The van der Waals surface area contributed by atoms with Gasteiger partial charge in [-0.1, -0.05) is 41.9 Å². The molecule has 2 aromatic carbocycles. The van der Waals surface area contributed by atoms with Gasteiger partial charge in [0.25, 0.3) is 0 Å². The lowest BCUT2D eigenvalue weighted by atomic mass is 9.92. The molecular weight excluding hydrogens is 384 g/mol. The van der Waals surface area contributed by atoms with E-state index in [0.29, 0.717) is 16.8 Å². The number of amides is 2. The van der Waals surface area contributed by atoms with Crippen LogP contribution in [0.3, 0.4) is 0 Å². The minimum absolute atomic E-state index is 0.151. The fourth-order valence-electron chi connectivity index (χ4n) is 3.00. The number of phenolic OH excluding ortho intramolecular Hbond substituents is 1. The molecule has 3 N–H and O–H groups in total. The average molecular weight is 403 g/mol. The molecule has 3 rings (SSSR count). The summed E-state index contributed by atoms with van der Waals surface area (Å²) in [6.45, 7) is 1.86. The zero-order chi connectivity index (χ0) is 20.3. The van der Waals surface area contributed by atoms with Gasteiger partial charge in [0.05, 0.1) is 36.1 Å².